The lowest BCUT2D eigenvalue weighted by atomic mass is 10.0. The third-order valence-corrected chi connectivity index (χ3v) is 13.7. The van der Waals surface area contributed by atoms with Crippen LogP contribution < -0.4 is 0 Å². The summed E-state index contributed by atoms with van der Waals surface area (Å²) in [5, 5.41) is 1.23. The Bertz CT molecular complexity index is 705. The third kappa shape index (κ3) is 7.93. The van der Waals surface area contributed by atoms with Crippen LogP contribution in [0.15, 0.2) is 49.6 Å². The highest BCUT2D eigenvalue weighted by Gasteiger charge is 2.29. The standard InChI is InChI=1S/C22H26O2S6/c1-3-19(23)25-11-17-13-27-21(29-17)9-15-7-5-6-8-16(15)10-22-28-14-18(30-22)12-26-20(24)4-2/h3-8,17-18,21-22H,1-2,9-14H2. The van der Waals surface area contributed by atoms with Crippen molar-refractivity contribution in [3.63, 3.8) is 0 Å². The highest BCUT2D eigenvalue weighted by molar-refractivity contribution is 8.22. The maximum Gasteiger partial charge on any atom is 0.211 e. The van der Waals surface area contributed by atoms with Gasteiger partial charge in [-0.25, -0.2) is 0 Å². The van der Waals surface area contributed by atoms with Crippen LogP contribution in [-0.2, 0) is 22.4 Å². The number of thioether (sulfide) groups is 6. The molecule has 0 radical (unpaired) electrons. The van der Waals surface area contributed by atoms with Crippen LogP contribution in [0.1, 0.15) is 11.1 Å². The molecule has 2 nitrogen and oxygen atoms in total. The number of hydrogen-bond donors (Lipinski definition) is 0. The third-order valence-electron chi connectivity index (χ3n) is 4.67. The smallest absolute Gasteiger partial charge is 0.211 e. The summed E-state index contributed by atoms with van der Waals surface area (Å²) in [5.74, 6) is 3.99. The molecule has 2 saturated heterocycles. The van der Waals surface area contributed by atoms with Gasteiger partial charge in [-0.2, -0.15) is 0 Å². The predicted octanol–water partition coefficient (Wildman–Crippen LogP) is 6.01. The average Bonchev–Trinajstić information content (AvgIpc) is 3.41. The summed E-state index contributed by atoms with van der Waals surface area (Å²) >= 11 is 10.9. The zero-order chi connectivity index (χ0) is 21.3. The van der Waals surface area contributed by atoms with Crippen LogP contribution >= 0.6 is 70.6 Å². The average molecular weight is 515 g/mol. The molecule has 0 aliphatic carbocycles. The van der Waals surface area contributed by atoms with Crippen LogP contribution in [0.3, 0.4) is 0 Å². The second kappa shape index (κ2) is 13.0. The van der Waals surface area contributed by atoms with Crippen molar-refractivity contribution in [3.8, 4) is 0 Å². The quantitative estimate of drug-likeness (QED) is 0.351. The molecule has 2 heterocycles. The Morgan fingerprint density at radius 1 is 0.867 bits per heavy atom. The maximum absolute atomic E-state index is 11.5. The molecule has 0 amide bonds. The van der Waals surface area contributed by atoms with E-state index in [0.717, 1.165) is 35.9 Å². The molecule has 2 aliphatic heterocycles. The minimum atomic E-state index is 0.0755. The summed E-state index contributed by atoms with van der Waals surface area (Å²) in [7, 11) is 0. The van der Waals surface area contributed by atoms with Gasteiger partial charge in [0.15, 0.2) is 0 Å². The molecule has 0 bridgehead atoms. The Hall–Kier alpha value is 0.140. The van der Waals surface area contributed by atoms with E-state index in [1.54, 1.807) is 0 Å². The van der Waals surface area contributed by atoms with Crippen molar-refractivity contribution in [3.05, 3.63) is 60.7 Å². The Morgan fingerprint density at radius 2 is 1.30 bits per heavy atom. The van der Waals surface area contributed by atoms with Gasteiger partial charge in [0.1, 0.15) is 0 Å². The van der Waals surface area contributed by atoms with E-state index in [1.165, 1.54) is 46.8 Å². The van der Waals surface area contributed by atoms with Gasteiger partial charge in [-0.15, -0.1) is 47.0 Å². The second-order valence-corrected chi connectivity index (χ2v) is 15.0. The normalized spacial score (nSPS) is 25.9. The lowest BCUT2D eigenvalue weighted by molar-refractivity contribution is -0.107. The van der Waals surface area contributed by atoms with Crippen LogP contribution in [-0.4, -0.2) is 52.9 Å². The SMILES string of the molecule is C=CC(=O)SCC1CSC(Cc2ccccc2CC2SCC(CSC(=O)C=C)S2)S1. The van der Waals surface area contributed by atoms with Gasteiger partial charge in [0.2, 0.25) is 10.2 Å². The summed E-state index contributed by atoms with van der Waals surface area (Å²) in [6.45, 7) is 7.10. The topological polar surface area (TPSA) is 34.1 Å². The van der Waals surface area contributed by atoms with Crippen molar-refractivity contribution >= 4 is 80.8 Å². The number of carbonyl (C=O) groups is 2. The van der Waals surface area contributed by atoms with Gasteiger partial charge in [-0.3, -0.25) is 9.59 Å². The molecule has 4 unspecified atom stereocenters. The van der Waals surface area contributed by atoms with Crippen molar-refractivity contribution in [1.29, 1.82) is 0 Å². The molecular formula is C22H26O2S6. The highest BCUT2D eigenvalue weighted by atomic mass is 32.2. The number of benzene rings is 1. The molecule has 3 rings (SSSR count). The zero-order valence-corrected chi connectivity index (χ0v) is 21.6. The fourth-order valence-electron chi connectivity index (χ4n) is 3.19. The molecular weight excluding hydrogens is 489 g/mol. The monoisotopic (exact) mass is 514 g/mol. The fraction of sp³-hybridized carbons (Fsp3) is 0.455. The van der Waals surface area contributed by atoms with Crippen molar-refractivity contribution in [2.75, 3.05) is 23.0 Å². The van der Waals surface area contributed by atoms with E-state index in [9.17, 15) is 9.59 Å². The first-order valence-electron chi connectivity index (χ1n) is 9.76. The van der Waals surface area contributed by atoms with Crippen molar-refractivity contribution in [1.82, 2.24) is 0 Å². The van der Waals surface area contributed by atoms with Gasteiger partial charge in [-0.1, -0.05) is 60.9 Å². The zero-order valence-electron chi connectivity index (χ0n) is 16.7. The first-order valence-corrected chi connectivity index (χ1v) is 15.7. The summed E-state index contributed by atoms with van der Waals surface area (Å²) in [6, 6.07) is 8.85. The fourth-order valence-corrected chi connectivity index (χ4v) is 11.9. The second-order valence-electron chi connectivity index (χ2n) is 6.89. The predicted molar refractivity (Wildman–Crippen MR) is 144 cm³/mol. The molecule has 8 heteroatoms. The van der Waals surface area contributed by atoms with E-state index >= 15 is 0 Å². The van der Waals surface area contributed by atoms with Gasteiger partial charge in [0, 0.05) is 33.5 Å². The van der Waals surface area contributed by atoms with Crippen LogP contribution in [0.25, 0.3) is 0 Å². The number of carbonyl (C=O) groups excluding carboxylic acids is 2. The van der Waals surface area contributed by atoms with E-state index < -0.39 is 0 Å². The summed E-state index contributed by atoms with van der Waals surface area (Å²) in [4.78, 5) is 22.9. The minimum Gasteiger partial charge on any atom is -0.282 e. The van der Waals surface area contributed by atoms with E-state index in [2.05, 4.69) is 37.4 Å². The van der Waals surface area contributed by atoms with E-state index in [1.807, 2.05) is 47.0 Å². The van der Waals surface area contributed by atoms with Crippen LogP contribution in [0.5, 0.6) is 0 Å². The first kappa shape index (κ1) is 24.8. The van der Waals surface area contributed by atoms with Crippen molar-refractivity contribution in [2.45, 2.75) is 32.5 Å². The lowest BCUT2D eigenvalue weighted by Gasteiger charge is -2.16. The molecule has 30 heavy (non-hydrogen) atoms. The van der Waals surface area contributed by atoms with Gasteiger partial charge < -0.3 is 0 Å². The molecule has 1 aromatic carbocycles. The van der Waals surface area contributed by atoms with Crippen LogP contribution in [0, 0.1) is 0 Å². The summed E-state index contributed by atoms with van der Waals surface area (Å²) in [5.41, 5.74) is 2.91. The van der Waals surface area contributed by atoms with E-state index in [4.69, 9.17) is 0 Å². The molecule has 0 spiro atoms. The lowest BCUT2D eigenvalue weighted by Crippen LogP contribution is -2.09. The van der Waals surface area contributed by atoms with Crippen LogP contribution in [0.4, 0.5) is 0 Å². The van der Waals surface area contributed by atoms with Gasteiger partial charge in [0.05, 0.1) is 9.16 Å². The molecule has 1 aromatic rings. The Balaban J connectivity index is 1.48. The molecule has 4 atom stereocenters. The van der Waals surface area contributed by atoms with Crippen molar-refractivity contribution < 1.29 is 9.59 Å². The molecule has 2 aliphatic rings. The van der Waals surface area contributed by atoms with Gasteiger partial charge >= 0.3 is 0 Å². The Labute approximate surface area is 205 Å². The number of hydrogen-bond acceptors (Lipinski definition) is 8. The molecule has 162 valence electrons. The van der Waals surface area contributed by atoms with Crippen molar-refractivity contribution in [2.24, 2.45) is 0 Å². The Morgan fingerprint density at radius 3 is 1.70 bits per heavy atom. The highest BCUT2D eigenvalue weighted by Crippen LogP contribution is 2.43. The van der Waals surface area contributed by atoms with E-state index in [-0.39, 0.29) is 10.2 Å². The summed E-state index contributed by atoms with van der Waals surface area (Å²) in [6.07, 6.45) is 4.98. The first-order chi connectivity index (χ1) is 14.6. The summed E-state index contributed by atoms with van der Waals surface area (Å²) < 4.78 is 1.13. The van der Waals surface area contributed by atoms with Crippen LogP contribution in [0.2, 0.25) is 0 Å². The van der Waals surface area contributed by atoms with Gasteiger partial charge in [0.25, 0.3) is 0 Å². The van der Waals surface area contributed by atoms with E-state index in [0.29, 0.717) is 19.7 Å². The number of rotatable bonds is 10. The molecule has 2 fully saturated rings. The van der Waals surface area contributed by atoms with Gasteiger partial charge in [-0.05, 0) is 36.1 Å². The minimum absolute atomic E-state index is 0.0755. The molecule has 0 saturated carbocycles. The molecule has 0 N–H and O–H groups in total. The largest absolute Gasteiger partial charge is 0.282 e. The maximum atomic E-state index is 11.5. The molecule has 0 aromatic heterocycles. The Kier molecular flexibility index (Phi) is 10.7.